The Balaban J connectivity index is 1.31. The number of fused-ring (bicyclic) bond motifs is 1. The molecule has 2 fully saturated rings. The van der Waals surface area contributed by atoms with Crippen LogP contribution in [0.2, 0.25) is 0 Å². The van der Waals surface area contributed by atoms with Crippen LogP contribution in [0.1, 0.15) is 25.7 Å². The van der Waals surface area contributed by atoms with Gasteiger partial charge in [-0.25, -0.2) is 4.68 Å². The van der Waals surface area contributed by atoms with Crippen LogP contribution in [0.25, 0.3) is 11.0 Å². The molecule has 0 radical (unpaired) electrons. The molecule has 7 heteroatoms. The van der Waals surface area contributed by atoms with Crippen molar-refractivity contribution in [2.24, 2.45) is 11.8 Å². The van der Waals surface area contributed by atoms with Crippen LogP contribution in [-0.4, -0.2) is 52.8 Å². The topological polar surface area (TPSA) is 43.2 Å². The van der Waals surface area contributed by atoms with Crippen molar-refractivity contribution in [2.45, 2.75) is 32.2 Å². The second-order valence-electron chi connectivity index (χ2n) is 7.27. The molecule has 1 aromatic carbocycles. The van der Waals surface area contributed by atoms with E-state index in [-0.39, 0.29) is 12.6 Å². The second kappa shape index (κ2) is 7.58. The average Bonchev–Trinajstić information content (AvgIpc) is 3.16. The van der Waals surface area contributed by atoms with E-state index in [1.807, 2.05) is 16.8 Å². The fourth-order valence-electron chi connectivity index (χ4n) is 3.49. The molecule has 1 atom stereocenters. The molecule has 1 unspecified atom stereocenters. The Morgan fingerprint density at radius 2 is 2.12 bits per heavy atom. The first-order valence-corrected chi connectivity index (χ1v) is 9.96. The fourth-order valence-corrected chi connectivity index (χ4v) is 4.02. The second-order valence-corrected chi connectivity index (χ2v) is 8.06. The summed E-state index contributed by atoms with van der Waals surface area (Å²) < 4.78 is 21.5. The first-order chi connectivity index (χ1) is 12.2. The van der Waals surface area contributed by atoms with E-state index in [4.69, 9.17) is 4.74 Å². The maximum absolute atomic E-state index is 12.7. The molecule has 2 aromatic rings. The number of hydrogen-bond donors (Lipinski definition) is 0. The minimum atomic E-state index is -0.193. The van der Waals surface area contributed by atoms with Gasteiger partial charge in [0.1, 0.15) is 11.3 Å². The highest BCUT2D eigenvalue weighted by Crippen LogP contribution is 2.34. The van der Waals surface area contributed by atoms with Gasteiger partial charge in [-0.15, -0.1) is 5.10 Å². The van der Waals surface area contributed by atoms with Gasteiger partial charge in [0.05, 0.1) is 23.3 Å². The van der Waals surface area contributed by atoms with Gasteiger partial charge in [-0.3, -0.25) is 4.39 Å². The Morgan fingerprint density at radius 3 is 2.88 bits per heavy atom. The van der Waals surface area contributed by atoms with Crippen LogP contribution in [0.3, 0.4) is 0 Å². The molecule has 0 amide bonds. The summed E-state index contributed by atoms with van der Waals surface area (Å²) in [6, 6.07) is 4.04. The number of alkyl halides is 1. The lowest BCUT2D eigenvalue weighted by molar-refractivity contribution is 0.253. The molecule has 1 saturated carbocycles. The van der Waals surface area contributed by atoms with E-state index in [2.05, 4.69) is 31.1 Å². The van der Waals surface area contributed by atoms with Gasteiger partial charge in [0.25, 0.3) is 0 Å². The summed E-state index contributed by atoms with van der Waals surface area (Å²) >= 11 is 3.62. The molecule has 136 valence electrons. The summed E-state index contributed by atoms with van der Waals surface area (Å²) in [5.41, 5.74) is 1.92. The third-order valence-corrected chi connectivity index (χ3v) is 5.95. The summed E-state index contributed by atoms with van der Waals surface area (Å²) in [6.45, 7) is 4.27. The van der Waals surface area contributed by atoms with Crippen molar-refractivity contribution in [1.82, 2.24) is 19.9 Å². The minimum absolute atomic E-state index is 0.193. The molecule has 0 bridgehead atoms. The maximum atomic E-state index is 12.7. The molecule has 0 spiro atoms. The Labute approximate surface area is 155 Å². The molecule has 1 aliphatic heterocycles. The van der Waals surface area contributed by atoms with Gasteiger partial charge < -0.3 is 9.64 Å². The van der Waals surface area contributed by atoms with Crippen LogP contribution >= 0.6 is 15.9 Å². The Bertz CT molecular complexity index is 733. The molecule has 1 aromatic heterocycles. The zero-order valence-corrected chi connectivity index (χ0v) is 15.9. The van der Waals surface area contributed by atoms with E-state index in [1.165, 1.54) is 12.8 Å². The quantitative estimate of drug-likeness (QED) is 0.622. The lowest BCUT2D eigenvalue weighted by atomic mass is 10.1. The zero-order chi connectivity index (χ0) is 17.2. The highest BCUT2D eigenvalue weighted by Gasteiger charge is 2.24. The van der Waals surface area contributed by atoms with E-state index in [1.54, 1.807) is 0 Å². The number of aromatic nitrogens is 3. The molecule has 4 rings (SSSR count). The van der Waals surface area contributed by atoms with Crippen molar-refractivity contribution in [3.63, 3.8) is 0 Å². The van der Waals surface area contributed by atoms with Crippen LogP contribution < -0.4 is 4.74 Å². The molecule has 1 saturated heterocycles. The summed E-state index contributed by atoms with van der Waals surface area (Å²) in [7, 11) is 0. The van der Waals surface area contributed by atoms with Gasteiger partial charge in [-0.1, -0.05) is 5.21 Å². The van der Waals surface area contributed by atoms with Crippen molar-refractivity contribution in [1.29, 1.82) is 0 Å². The first kappa shape index (κ1) is 17.2. The van der Waals surface area contributed by atoms with Gasteiger partial charge >= 0.3 is 0 Å². The third-order valence-electron chi connectivity index (χ3n) is 5.18. The highest BCUT2D eigenvalue weighted by molar-refractivity contribution is 9.10. The van der Waals surface area contributed by atoms with Crippen LogP contribution in [0.4, 0.5) is 4.39 Å². The van der Waals surface area contributed by atoms with Crippen molar-refractivity contribution in [3.8, 4) is 5.75 Å². The maximum Gasteiger partial charge on any atom is 0.135 e. The lowest BCUT2D eigenvalue weighted by Crippen LogP contribution is -2.23. The van der Waals surface area contributed by atoms with Gasteiger partial charge in [-0.2, -0.15) is 0 Å². The SMILES string of the molecule is FCC1CCN(CCCOc2ccc3c(nnn3CC3CC3)c2Br)C1. The number of hydrogen-bond acceptors (Lipinski definition) is 4. The van der Waals surface area contributed by atoms with Crippen molar-refractivity contribution < 1.29 is 9.13 Å². The lowest BCUT2D eigenvalue weighted by Gasteiger charge is -2.15. The fraction of sp³-hybridized carbons (Fsp3) is 0.667. The minimum Gasteiger partial charge on any atom is -0.492 e. The van der Waals surface area contributed by atoms with Crippen LogP contribution in [0.15, 0.2) is 16.6 Å². The van der Waals surface area contributed by atoms with Crippen LogP contribution in [-0.2, 0) is 6.54 Å². The van der Waals surface area contributed by atoms with Gasteiger partial charge in [0.15, 0.2) is 0 Å². The number of nitrogens with zero attached hydrogens (tertiary/aromatic N) is 4. The molecular weight excluding hydrogens is 387 g/mol. The third kappa shape index (κ3) is 3.97. The standard InChI is InChI=1S/C18H24BrFN4O/c19-17-16(25-9-1-7-23-8-6-14(10-20)11-23)5-4-15-18(17)21-22-24(15)12-13-2-3-13/h4-5,13-14H,1-3,6-12H2. The molecule has 1 aliphatic carbocycles. The summed E-state index contributed by atoms with van der Waals surface area (Å²) in [4.78, 5) is 2.33. The Hall–Kier alpha value is -1.21. The molecule has 5 nitrogen and oxygen atoms in total. The van der Waals surface area contributed by atoms with E-state index < -0.39 is 0 Å². The van der Waals surface area contributed by atoms with Gasteiger partial charge in [0.2, 0.25) is 0 Å². The van der Waals surface area contributed by atoms with E-state index in [0.717, 1.165) is 66.2 Å². The molecular formula is C18H24BrFN4O. The van der Waals surface area contributed by atoms with Crippen molar-refractivity contribution >= 4 is 27.0 Å². The molecule has 0 N–H and O–H groups in total. The highest BCUT2D eigenvalue weighted by atomic mass is 79.9. The zero-order valence-electron chi connectivity index (χ0n) is 14.3. The summed E-state index contributed by atoms with van der Waals surface area (Å²) in [5, 5.41) is 8.60. The number of benzene rings is 1. The normalized spacial score (nSPS) is 21.3. The largest absolute Gasteiger partial charge is 0.492 e. The van der Waals surface area contributed by atoms with Gasteiger partial charge in [-0.05, 0) is 66.2 Å². The Kier molecular flexibility index (Phi) is 5.22. The summed E-state index contributed by atoms with van der Waals surface area (Å²) in [6.07, 6.45) is 4.52. The number of ether oxygens (including phenoxy) is 1. The number of likely N-dealkylation sites (tertiary alicyclic amines) is 1. The summed E-state index contributed by atoms with van der Waals surface area (Å²) in [5.74, 6) is 1.81. The monoisotopic (exact) mass is 410 g/mol. The van der Waals surface area contributed by atoms with Crippen LogP contribution in [0.5, 0.6) is 5.75 Å². The van der Waals surface area contributed by atoms with Gasteiger partial charge in [0, 0.05) is 25.6 Å². The smallest absolute Gasteiger partial charge is 0.135 e. The predicted octanol–water partition coefficient (Wildman–Crippen LogP) is 3.66. The molecule has 25 heavy (non-hydrogen) atoms. The van der Waals surface area contributed by atoms with E-state index in [9.17, 15) is 4.39 Å². The average molecular weight is 411 g/mol. The van der Waals surface area contributed by atoms with Crippen molar-refractivity contribution in [3.05, 3.63) is 16.6 Å². The number of halogens is 2. The first-order valence-electron chi connectivity index (χ1n) is 9.17. The van der Waals surface area contributed by atoms with Crippen molar-refractivity contribution in [2.75, 3.05) is 32.9 Å². The molecule has 2 heterocycles. The molecule has 2 aliphatic rings. The number of rotatable bonds is 8. The van der Waals surface area contributed by atoms with E-state index >= 15 is 0 Å². The van der Waals surface area contributed by atoms with Crippen LogP contribution in [0, 0.1) is 11.8 Å². The Morgan fingerprint density at radius 1 is 1.24 bits per heavy atom. The predicted molar refractivity (Wildman–Crippen MR) is 98.6 cm³/mol. The van der Waals surface area contributed by atoms with E-state index in [0.29, 0.717) is 6.61 Å².